The Hall–Kier alpha value is -1.07. The molecule has 13 heavy (non-hydrogen) atoms. The first-order valence-corrected chi connectivity index (χ1v) is 4.33. The number of ether oxygens (including phenoxy) is 1. The smallest absolute Gasteiger partial charge is 0.0727 e. The minimum atomic E-state index is 0.576. The maximum absolute atomic E-state index is 5.27. The van der Waals surface area contributed by atoms with Gasteiger partial charge in [0.2, 0.25) is 0 Å². The molecule has 0 aliphatic rings. The van der Waals surface area contributed by atoms with Crippen LogP contribution in [0.25, 0.3) is 0 Å². The van der Waals surface area contributed by atoms with E-state index in [2.05, 4.69) is 10.4 Å². The van der Waals surface area contributed by atoms with Gasteiger partial charge in [0.1, 0.15) is 0 Å². The number of nitrogens with two attached hydrogens (primary N) is 1. The molecule has 0 fully saturated rings. The first-order valence-electron chi connectivity index (χ1n) is 4.33. The molecular formula is C8H16N4O. The summed E-state index contributed by atoms with van der Waals surface area (Å²) in [6, 6.07) is 0. The molecular weight excluding hydrogens is 168 g/mol. The van der Waals surface area contributed by atoms with Crippen molar-refractivity contribution in [3.05, 3.63) is 12.4 Å². The Morgan fingerprint density at radius 2 is 2.46 bits per heavy atom. The zero-order valence-corrected chi connectivity index (χ0v) is 7.86. The molecule has 0 aliphatic carbocycles. The predicted molar refractivity (Wildman–Crippen MR) is 51.6 cm³/mol. The van der Waals surface area contributed by atoms with E-state index < -0.39 is 0 Å². The maximum Gasteiger partial charge on any atom is 0.0727 e. The lowest BCUT2D eigenvalue weighted by atomic mass is 10.5. The van der Waals surface area contributed by atoms with Gasteiger partial charge in [-0.25, -0.2) is 0 Å². The van der Waals surface area contributed by atoms with Gasteiger partial charge >= 0.3 is 0 Å². The number of rotatable bonds is 6. The van der Waals surface area contributed by atoms with Gasteiger partial charge in [0.15, 0.2) is 0 Å². The van der Waals surface area contributed by atoms with Gasteiger partial charge in [0.25, 0.3) is 0 Å². The van der Waals surface area contributed by atoms with Crippen LogP contribution in [0.1, 0.15) is 0 Å². The van der Waals surface area contributed by atoms with Crippen molar-refractivity contribution in [2.75, 3.05) is 31.6 Å². The number of nitrogens with zero attached hydrogens (tertiary/aromatic N) is 2. The first kappa shape index (κ1) is 10.0. The SMILES string of the molecule is Cn1cc(NCCOCCN)cn1. The Balaban J connectivity index is 2.06. The molecule has 74 valence electrons. The molecule has 0 unspecified atom stereocenters. The standard InChI is InChI=1S/C8H16N4O/c1-12-7-8(6-11-12)10-3-5-13-4-2-9/h6-7,10H,2-5,9H2,1H3. The number of anilines is 1. The normalized spacial score (nSPS) is 10.3. The van der Waals surface area contributed by atoms with Gasteiger partial charge in [-0.05, 0) is 0 Å². The molecule has 3 N–H and O–H groups in total. The van der Waals surface area contributed by atoms with Crippen molar-refractivity contribution in [1.29, 1.82) is 0 Å². The molecule has 0 aromatic carbocycles. The van der Waals surface area contributed by atoms with Crippen LogP contribution < -0.4 is 11.1 Å². The van der Waals surface area contributed by atoms with Crippen LogP contribution in [0.15, 0.2) is 12.4 Å². The highest BCUT2D eigenvalue weighted by Crippen LogP contribution is 2.01. The topological polar surface area (TPSA) is 65.1 Å². The zero-order valence-electron chi connectivity index (χ0n) is 7.86. The molecule has 0 radical (unpaired) electrons. The fraction of sp³-hybridized carbons (Fsp3) is 0.625. The van der Waals surface area contributed by atoms with Crippen molar-refractivity contribution in [3.8, 4) is 0 Å². The molecule has 0 atom stereocenters. The highest BCUT2D eigenvalue weighted by atomic mass is 16.5. The third-order valence-corrected chi connectivity index (χ3v) is 1.54. The highest BCUT2D eigenvalue weighted by Gasteiger charge is 1.93. The summed E-state index contributed by atoms with van der Waals surface area (Å²) in [6.45, 7) is 2.65. The van der Waals surface area contributed by atoms with E-state index in [1.807, 2.05) is 13.2 Å². The Morgan fingerprint density at radius 1 is 1.62 bits per heavy atom. The molecule has 0 spiro atoms. The molecule has 1 aromatic rings. The lowest BCUT2D eigenvalue weighted by Gasteiger charge is -2.03. The second kappa shape index (κ2) is 5.55. The quantitative estimate of drug-likeness (QED) is 0.601. The highest BCUT2D eigenvalue weighted by molar-refractivity contribution is 5.37. The van der Waals surface area contributed by atoms with Crippen molar-refractivity contribution in [2.24, 2.45) is 12.8 Å². The first-order chi connectivity index (χ1) is 6.33. The van der Waals surface area contributed by atoms with Gasteiger partial charge in [-0.1, -0.05) is 0 Å². The van der Waals surface area contributed by atoms with E-state index in [9.17, 15) is 0 Å². The summed E-state index contributed by atoms with van der Waals surface area (Å²) in [7, 11) is 1.89. The molecule has 5 nitrogen and oxygen atoms in total. The number of aromatic nitrogens is 2. The fourth-order valence-corrected chi connectivity index (χ4v) is 0.965. The van der Waals surface area contributed by atoms with Crippen LogP contribution in [0, 0.1) is 0 Å². The van der Waals surface area contributed by atoms with Gasteiger partial charge in [0.05, 0.1) is 25.1 Å². The summed E-state index contributed by atoms with van der Waals surface area (Å²) >= 11 is 0. The Labute approximate surface area is 77.9 Å². The van der Waals surface area contributed by atoms with Gasteiger partial charge in [-0.3, -0.25) is 4.68 Å². The average Bonchev–Trinajstić information content (AvgIpc) is 2.51. The summed E-state index contributed by atoms with van der Waals surface area (Å²) < 4.78 is 6.95. The summed E-state index contributed by atoms with van der Waals surface area (Å²) in [5, 5.41) is 7.20. The van der Waals surface area contributed by atoms with Crippen LogP contribution in [-0.4, -0.2) is 36.1 Å². The van der Waals surface area contributed by atoms with Gasteiger partial charge in [0, 0.05) is 26.3 Å². The van der Waals surface area contributed by atoms with Gasteiger partial charge in [-0.2, -0.15) is 5.10 Å². The number of hydrogen-bond donors (Lipinski definition) is 2. The number of nitrogens with one attached hydrogen (secondary N) is 1. The molecule has 0 aliphatic heterocycles. The largest absolute Gasteiger partial charge is 0.380 e. The second-order valence-electron chi connectivity index (χ2n) is 2.73. The lowest BCUT2D eigenvalue weighted by Crippen LogP contribution is -2.14. The van der Waals surface area contributed by atoms with E-state index in [-0.39, 0.29) is 0 Å². The van der Waals surface area contributed by atoms with Crippen LogP contribution >= 0.6 is 0 Å². The Kier molecular flexibility index (Phi) is 4.28. The minimum absolute atomic E-state index is 0.576. The van der Waals surface area contributed by atoms with E-state index in [1.54, 1.807) is 10.9 Å². The fourth-order valence-electron chi connectivity index (χ4n) is 0.965. The Bertz CT molecular complexity index is 236. The van der Waals surface area contributed by atoms with E-state index in [1.165, 1.54) is 0 Å². The minimum Gasteiger partial charge on any atom is -0.380 e. The van der Waals surface area contributed by atoms with Gasteiger partial charge in [-0.15, -0.1) is 0 Å². The van der Waals surface area contributed by atoms with Crippen LogP contribution in [-0.2, 0) is 11.8 Å². The third kappa shape index (κ3) is 3.91. The van der Waals surface area contributed by atoms with E-state index in [4.69, 9.17) is 10.5 Å². The van der Waals surface area contributed by atoms with Crippen LogP contribution in [0.2, 0.25) is 0 Å². The van der Waals surface area contributed by atoms with E-state index >= 15 is 0 Å². The van der Waals surface area contributed by atoms with E-state index in [0.29, 0.717) is 19.8 Å². The maximum atomic E-state index is 5.27. The van der Waals surface area contributed by atoms with Gasteiger partial charge < -0.3 is 15.8 Å². The summed E-state index contributed by atoms with van der Waals surface area (Å²) in [6.07, 6.45) is 3.70. The number of aryl methyl sites for hydroxylation is 1. The van der Waals surface area contributed by atoms with Crippen LogP contribution in [0.3, 0.4) is 0 Å². The van der Waals surface area contributed by atoms with Crippen molar-refractivity contribution in [2.45, 2.75) is 0 Å². The summed E-state index contributed by atoms with van der Waals surface area (Å²) in [5.41, 5.74) is 6.28. The summed E-state index contributed by atoms with van der Waals surface area (Å²) in [4.78, 5) is 0. The van der Waals surface area contributed by atoms with Crippen molar-refractivity contribution < 1.29 is 4.74 Å². The van der Waals surface area contributed by atoms with Crippen molar-refractivity contribution in [1.82, 2.24) is 9.78 Å². The Morgan fingerprint density at radius 3 is 3.08 bits per heavy atom. The third-order valence-electron chi connectivity index (χ3n) is 1.54. The van der Waals surface area contributed by atoms with Crippen LogP contribution in [0.5, 0.6) is 0 Å². The monoisotopic (exact) mass is 184 g/mol. The molecule has 1 heterocycles. The molecule has 5 heteroatoms. The average molecular weight is 184 g/mol. The number of hydrogen-bond acceptors (Lipinski definition) is 4. The molecule has 0 saturated carbocycles. The zero-order chi connectivity index (χ0) is 9.52. The second-order valence-corrected chi connectivity index (χ2v) is 2.73. The van der Waals surface area contributed by atoms with E-state index in [0.717, 1.165) is 12.2 Å². The molecule has 0 bridgehead atoms. The summed E-state index contributed by atoms with van der Waals surface area (Å²) in [5.74, 6) is 0. The molecule has 1 aromatic heterocycles. The van der Waals surface area contributed by atoms with Crippen molar-refractivity contribution in [3.63, 3.8) is 0 Å². The predicted octanol–water partition coefficient (Wildman–Crippen LogP) is -0.193. The molecule has 0 saturated heterocycles. The molecule has 1 rings (SSSR count). The molecule has 0 amide bonds. The lowest BCUT2D eigenvalue weighted by molar-refractivity contribution is 0.151. The van der Waals surface area contributed by atoms with Crippen molar-refractivity contribution >= 4 is 5.69 Å². The van der Waals surface area contributed by atoms with Crippen LogP contribution in [0.4, 0.5) is 5.69 Å².